The zero-order valence-corrected chi connectivity index (χ0v) is 9.33. The summed E-state index contributed by atoms with van der Waals surface area (Å²) in [5.74, 6) is 0. The minimum atomic E-state index is 0. The number of hydrogen-bond acceptors (Lipinski definition) is 1. The van der Waals surface area contributed by atoms with Gasteiger partial charge in [0, 0.05) is 24.4 Å². The topological polar surface area (TPSA) is 0 Å². The van der Waals surface area contributed by atoms with E-state index in [1.165, 1.54) is 5.56 Å². The normalized spacial score (nSPS) is 8.22. The molecule has 0 unspecified atom stereocenters. The van der Waals surface area contributed by atoms with Crippen molar-refractivity contribution in [1.29, 1.82) is 0 Å². The van der Waals surface area contributed by atoms with E-state index >= 15 is 0 Å². The van der Waals surface area contributed by atoms with Gasteiger partial charge in [-0.25, -0.2) is 0 Å². The third-order valence-corrected chi connectivity index (χ3v) is 1.33. The minimum absolute atomic E-state index is 0. The van der Waals surface area contributed by atoms with E-state index in [0.29, 0.717) is 0 Å². The molecule has 0 nitrogen and oxygen atoms in total. The van der Waals surface area contributed by atoms with Crippen molar-refractivity contribution in [2.45, 2.75) is 11.8 Å². The smallest absolute Gasteiger partial charge is 0.00401 e. The van der Waals surface area contributed by atoms with Crippen molar-refractivity contribution in [3.8, 4) is 0 Å². The Bertz CT molecular complexity index is 148. The zero-order chi connectivity index (χ0) is 5.98. The molecular formula is C7H8SZn. The van der Waals surface area contributed by atoms with Gasteiger partial charge in [-0.05, 0) is 19.1 Å². The molecule has 0 heterocycles. The summed E-state index contributed by atoms with van der Waals surface area (Å²) in [6, 6.07) is 8.06. The zero-order valence-electron chi connectivity index (χ0n) is 5.46. The Balaban J connectivity index is 0.000000640. The molecule has 0 saturated heterocycles. The van der Waals surface area contributed by atoms with Crippen LogP contribution in [0.15, 0.2) is 29.2 Å². The van der Waals surface area contributed by atoms with Crippen LogP contribution < -0.4 is 0 Å². The first-order chi connectivity index (χ1) is 3.79. The van der Waals surface area contributed by atoms with Gasteiger partial charge in [0.05, 0.1) is 0 Å². The van der Waals surface area contributed by atoms with Crippen LogP contribution >= 0.6 is 12.6 Å². The summed E-state index contributed by atoms with van der Waals surface area (Å²) in [5, 5.41) is 0. The number of thiol groups is 1. The average molecular weight is 190 g/mol. The fourth-order valence-electron chi connectivity index (χ4n) is 0.545. The Morgan fingerprint density at radius 2 is 1.56 bits per heavy atom. The second kappa shape index (κ2) is 4.08. The fourth-order valence-corrected chi connectivity index (χ4v) is 0.694. The number of hydrogen-bond donors (Lipinski definition) is 1. The molecule has 0 fully saturated rings. The SMILES string of the molecule is Cc1ccc(S)cc1.[Zn]. The van der Waals surface area contributed by atoms with E-state index < -0.39 is 0 Å². The molecule has 0 aliphatic heterocycles. The van der Waals surface area contributed by atoms with Crippen LogP contribution in [-0.4, -0.2) is 0 Å². The Kier molecular flexibility index (Phi) is 4.17. The first-order valence-corrected chi connectivity index (χ1v) is 2.99. The quantitative estimate of drug-likeness (QED) is 0.470. The van der Waals surface area contributed by atoms with Gasteiger partial charge in [-0.1, -0.05) is 17.7 Å². The van der Waals surface area contributed by atoms with Gasteiger partial charge < -0.3 is 0 Å². The summed E-state index contributed by atoms with van der Waals surface area (Å²) in [6.45, 7) is 2.06. The van der Waals surface area contributed by atoms with Gasteiger partial charge in [-0.15, -0.1) is 12.6 Å². The molecule has 44 valence electrons. The Morgan fingerprint density at radius 1 is 1.11 bits per heavy atom. The largest absolute Gasteiger partial charge is 0.143 e. The monoisotopic (exact) mass is 188 g/mol. The number of aryl methyl sites for hydroxylation is 1. The van der Waals surface area contributed by atoms with Gasteiger partial charge in [0.2, 0.25) is 0 Å². The third-order valence-electron chi connectivity index (χ3n) is 1.03. The second-order valence-electron chi connectivity index (χ2n) is 1.84. The van der Waals surface area contributed by atoms with Crippen molar-refractivity contribution in [3.05, 3.63) is 29.8 Å². The third kappa shape index (κ3) is 3.02. The maximum atomic E-state index is 4.13. The predicted molar refractivity (Wildman–Crippen MR) is 38.4 cm³/mol. The van der Waals surface area contributed by atoms with E-state index in [4.69, 9.17) is 0 Å². The minimum Gasteiger partial charge on any atom is -0.143 e. The molecule has 0 saturated carbocycles. The molecule has 1 aromatic carbocycles. The Morgan fingerprint density at radius 3 is 1.89 bits per heavy atom. The van der Waals surface area contributed by atoms with Gasteiger partial charge in [-0.3, -0.25) is 0 Å². The molecule has 9 heavy (non-hydrogen) atoms. The van der Waals surface area contributed by atoms with Crippen LogP contribution in [0, 0.1) is 6.92 Å². The van der Waals surface area contributed by atoms with Gasteiger partial charge in [-0.2, -0.15) is 0 Å². The first kappa shape index (κ1) is 9.19. The Hall–Kier alpha value is 0.193. The first-order valence-electron chi connectivity index (χ1n) is 2.54. The van der Waals surface area contributed by atoms with Crippen LogP contribution in [0.3, 0.4) is 0 Å². The molecule has 1 aromatic rings. The summed E-state index contributed by atoms with van der Waals surface area (Å²) >= 11 is 4.13. The van der Waals surface area contributed by atoms with Crippen LogP contribution in [0.25, 0.3) is 0 Å². The van der Waals surface area contributed by atoms with E-state index in [2.05, 4.69) is 19.6 Å². The molecule has 0 spiro atoms. The van der Waals surface area contributed by atoms with Gasteiger partial charge in [0.25, 0.3) is 0 Å². The molecule has 0 amide bonds. The van der Waals surface area contributed by atoms with Crippen molar-refractivity contribution < 1.29 is 19.5 Å². The summed E-state index contributed by atoms with van der Waals surface area (Å²) in [5.41, 5.74) is 1.28. The molecule has 0 aliphatic carbocycles. The van der Waals surface area contributed by atoms with Crippen LogP contribution in [0.4, 0.5) is 0 Å². The van der Waals surface area contributed by atoms with E-state index in [1.54, 1.807) is 0 Å². The van der Waals surface area contributed by atoms with Gasteiger partial charge >= 0.3 is 0 Å². The molecule has 2 heteroatoms. The van der Waals surface area contributed by atoms with Crippen LogP contribution in [0.2, 0.25) is 0 Å². The predicted octanol–water partition coefficient (Wildman–Crippen LogP) is 2.28. The molecular weight excluding hydrogens is 182 g/mol. The van der Waals surface area contributed by atoms with Gasteiger partial charge in [0.1, 0.15) is 0 Å². The van der Waals surface area contributed by atoms with Crippen LogP contribution in [-0.2, 0) is 19.5 Å². The van der Waals surface area contributed by atoms with Crippen molar-refractivity contribution in [2.75, 3.05) is 0 Å². The van der Waals surface area contributed by atoms with Crippen molar-refractivity contribution >= 4 is 12.6 Å². The summed E-state index contributed by atoms with van der Waals surface area (Å²) in [7, 11) is 0. The number of rotatable bonds is 0. The van der Waals surface area contributed by atoms with E-state index in [0.717, 1.165) is 4.90 Å². The maximum absolute atomic E-state index is 4.13. The van der Waals surface area contributed by atoms with Crippen molar-refractivity contribution in [3.63, 3.8) is 0 Å². The summed E-state index contributed by atoms with van der Waals surface area (Å²) in [6.07, 6.45) is 0. The average Bonchev–Trinajstić information content (AvgIpc) is 1.77. The molecule has 0 radical (unpaired) electrons. The standard InChI is InChI=1S/C7H8S.Zn/c1-6-2-4-7(8)5-3-6;/h2-5,8H,1H3;. The molecule has 0 bridgehead atoms. The molecule has 0 aromatic heterocycles. The maximum Gasteiger partial charge on any atom is 0.00401 e. The van der Waals surface area contributed by atoms with Gasteiger partial charge in [0.15, 0.2) is 0 Å². The van der Waals surface area contributed by atoms with Crippen molar-refractivity contribution in [2.24, 2.45) is 0 Å². The molecule has 1 rings (SSSR count). The summed E-state index contributed by atoms with van der Waals surface area (Å²) in [4.78, 5) is 1.02. The van der Waals surface area contributed by atoms with Crippen LogP contribution in [0.5, 0.6) is 0 Å². The fraction of sp³-hybridized carbons (Fsp3) is 0.143. The number of benzene rings is 1. The van der Waals surface area contributed by atoms with Crippen molar-refractivity contribution in [1.82, 2.24) is 0 Å². The van der Waals surface area contributed by atoms with E-state index in [9.17, 15) is 0 Å². The van der Waals surface area contributed by atoms with E-state index in [-0.39, 0.29) is 19.5 Å². The summed E-state index contributed by atoms with van der Waals surface area (Å²) < 4.78 is 0. The second-order valence-corrected chi connectivity index (χ2v) is 2.35. The molecule has 0 aliphatic rings. The van der Waals surface area contributed by atoms with Crippen LogP contribution in [0.1, 0.15) is 5.56 Å². The molecule has 0 N–H and O–H groups in total. The Labute approximate surface area is 73.8 Å². The molecule has 0 atom stereocenters. The van der Waals surface area contributed by atoms with E-state index in [1.807, 2.05) is 24.3 Å².